The van der Waals surface area contributed by atoms with E-state index in [2.05, 4.69) is 10.6 Å². The molecule has 35 heavy (non-hydrogen) atoms. The number of benzene rings is 2. The highest BCUT2D eigenvalue weighted by Crippen LogP contribution is 2.35. The van der Waals surface area contributed by atoms with Crippen molar-refractivity contribution >= 4 is 34.9 Å². The van der Waals surface area contributed by atoms with E-state index in [4.69, 9.17) is 9.47 Å². The lowest BCUT2D eigenvalue weighted by molar-refractivity contribution is -0.126. The van der Waals surface area contributed by atoms with Crippen molar-refractivity contribution < 1.29 is 28.2 Å². The van der Waals surface area contributed by atoms with Gasteiger partial charge in [-0.3, -0.25) is 14.5 Å². The predicted molar refractivity (Wildman–Crippen MR) is 129 cm³/mol. The van der Waals surface area contributed by atoms with Gasteiger partial charge in [0.1, 0.15) is 5.82 Å². The molecule has 2 heterocycles. The molecule has 0 spiro atoms. The van der Waals surface area contributed by atoms with Crippen LogP contribution < -0.4 is 10.6 Å². The standard InChI is InChI=1S/C25H24FN3O5S/c1-33-12-11-27-24(31)21-22(34-25(32)29(21)15-16-7-9-18(26)10-8-16)17-4-2-5-19(14-17)28-23(30)20-6-3-13-35-20/h2-10,13-14,21-22H,11-12,15H2,1H3,(H,27,31)(H,28,30). The number of methoxy groups -OCH3 is 1. The van der Waals surface area contributed by atoms with Gasteiger partial charge < -0.3 is 20.1 Å². The van der Waals surface area contributed by atoms with Crippen molar-refractivity contribution in [3.8, 4) is 0 Å². The first-order valence-corrected chi connectivity index (χ1v) is 11.8. The molecular formula is C25H24FN3O5S. The van der Waals surface area contributed by atoms with Crippen LogP contribution in [-0.4, -0.2) is 49.1 Å². The second-order valence-corrected chi connectivity index (χ2v) is 8.79. The second kappa shape index (κ2) is 11.1. The molecule has 2 N–H and O–H groups in total. The number of carbonyl (C=O) groups is 3. The van der Waals surface area contributed by atoms with E-state index in [1.807, 2.05) is 5.38 Å². The van der Waals surface area contributed by atoms with Gasteiger partial charge in [-0.05, 0) is 46.8 Å². The van der Waals surface area contributed by atoms with E-state index in [0.717, 1.165) is 0 Å². The fraction of sp³-hybridized carbons (Fsp3) is 0.240. The number of cyclic esters (lactones) is 1. The molecule has 1 aliphatic heterocycles. The van der Waals surface area contributed by atoms with Gasteiger partial charge in [-0.2, -0.15) is 0 Å². The van der Waals surface area contributed by atoms with Crippen LogP contribution in [0.2, 0.25) is 0 Å². The van der Waals surface area contributed by atoms with Crippen LogP contribution in [0.15, 0.2) is 66.0 Å². The summed E-state index contributed by atoms with van der Waals surface area (Å²) in [5.74, 6) is -1.06. The van der Waals surface area contributed by atoms with Crippen LogP contribution in [-0.2, 0) is 20.8 Å². The van der Waals surface area contributed by atoms with Gasteiger partial charge in [0.2, 0.25) is 5.91 Å². The number of nitrogens with zero attached hydrogens (tertiary/aromatic N) is 1. The number of hydrogen-bond acceptors (Lipinski definition) is 6. The Kier molecular flexibility index (Phi) is 7.74. The van der Waals surface area contributed by atoms with Crippen molar-refractivity contribution in [2.75, 3.05) is 25.6 Å². The van der Waals surface area contributed by atoms with E-state index in [0.29, 0.717) is 28.3 Å². The molecule has 0 bridgehead atoms. The summed E-state index contributed by atoms with van der Waals surface area (Å²) in [6.45, 7) is 0.626. The lowest BCUT2D eigenvalue weighted by Crippen LogP contribution is -2.47. The summed E-state index contributed by atoms with van der Waals surface area (Å²) in [5, 5.41) is 7.41. The molecule has 0 aliphatic carbocycles. The molecule has 3 amide bonds. The Labute approximate surface area is 205 Å². The Bertz CT molecular complexity index is 1190. The van der Waals surface area contributed by atoms with Crippen LogP contribution in [0.5, 0.6) is 0 Å². The maximum Gasteiger partial charge on any atom is 0.411 e. The molecule has 1 aliphatic rings. The van der Waals surface area contributed by atoms with Crippen molar-refractivity contribution in [3.63, 3.8) is 0 Å². The van der Waals surface area contributed by atoms with Crippen LogP contribution in [0, 0.1) is 5.82 Å². The molecule has 4 rings (SSSR count). The third-order valence-corrected chi connectivity index (χ3v) is 6.31. The molecule has 3 aromatic rings. The Morgan fingerprint density at radius 2 is 1.94 bits per heavy atom. The first-order valence-electron chi connectivity index (χ1n) is 10.9. The molecule has 182 valence electrons. The molecule has 0 radical (unpaired) electrons. The summed E-state index contributed by atoms with van der Waals surface area (Å²) in [4.78, 5) is 40.3. The van der Waals surface area contributed by atoms with E-state index >= 15 is 0 Å². The first-order chi connectivity index (χ1) is 17.0. The maximum atomic E-state index is 13.3. The summed E-state index contributed by atoms with van der Waals surface area (Å²) < 4.78 is 24.0. The number of carbonyl (C=O) groups excluding carboxylic acids is 3. The lowest BCUT2D eigenvalue weighted by atomic mass is 10.00. The zero-order valence-corrected chi connectivity index (χ0v) is 19.7. The SMILES string of the molecule is COCCNC(=O)C1C(c2cccc(NC(=O)c3cccs3)c2)OC(=O)N1Cc1ccc(F)cc1. The largest absolute Gasteiger partial charge is 0.438 e. The molecule has 1 fully saturated rings. The minimum absolute atomic E-state index is 0.0623. The summed E-state index contributed by atoms with van der Waals surface area (Å²) in [6.07, 6.45) is -1.58. The number of hydrogen-bond donors (Lipinski definition) is 2. The summed E-state index contributed by atoms with van der Waals surface area (Å²) >= 11 is 1.32. The minimum atomic E-state index is -0.979. The van der Waals surface area contributed by atoms with E-state index in [9.17, 15) is 18.8 Å². The Balaban J connectivity index is 1.59. The van der Waals surface area contributed by atoms with Crippen molar-refractivity contribution in [1.82, 2.24) is 10.2 Å². The van der Waals surface area contributed by atoms with E-state index < -0.39 is 30.0 Å². The molecule has 1 aromatic heterocycles. The van der Waals surface area contributed by atoms with E-state index in [-0.39, 0.29) is 19.0 Å². The van der Waals surface area contributed by atoms with Gasteiger partial charge in [-0.15, -0.1) is 11.3 Å². The fourth-order valence-electron chi connectivity index (χ4n) is 3.77. The molecule has 10 heteroatoms. The van der Waals surface area contributed by atoms with E-state index in [1.54, 1.807) is 48.5 Å². The van der Waals surface area contributed by atoms with Gasteiger partial charge >= 0.3 is 6.09 Å². The second-order valence-electron chi connectivity index (χ2n) is 7.84. The van der Waals surface area contributed by atoms with Gasteiger partial charge in [-0.25, -0.2) is 9.18 Å². The topological polar surface area (TPSA) is 97.0 Å². The number of rotatable bonds is 9. The van der Waals surface area contributed by atoms with E-state index in [1.165, 1.54) is 35.5 Å². The average molecular weight is 498 g/mol. The minimum Gasteiger partial charge on any atom is -0.438 e. The predicted octanol–water partition coefficient (Wildman–Crippen LogP) is 3.96. The Morgan fingerprint density at radius 3 is 2.66 bits per heavy atom. The normalized spacial score (nSPS) is 17.2. The highest BCUT2D eigenvalue weighted by molar-refractivity contribution is 7.12. The number of nitrogens with one attached hydrogen (secondary N) is 2. The van der Waals surface area contributed by atoms with Crippen molar-refractivity contribution in [2.45, 2.75) is 18.7 Å². The quantitative estimate of drug-likeness (QED) is 0.436. The number of thiophene rings is 1. The van der Waals surface area contributed by atoms with Gasteiger partial charge in [0.05, 0.1) is 18.0 Å². The smallest absolute Gasteiger partial charge is 0.411 e. The molecule has 8 nitrogen and oxygen atoms in total. The molecule has 2 atom stereocenters. The fourth-order valence-corrected chi connectivity index (χ4v) is 4.39. The number of anilines is 1. The maximum absolute atomic E-state index is 13.3. The first kappa shape index (κ1) is 24.4. The van der Waals surface area contributed by atoms with Gasteiger partial charge in [0.15, 0.2) is 12.1 Å². The van der Waals surface area contributed by atoms with Gasteiger partial charge in [0, 0.05) is 19.3 Å². The summed E-state index contributed by atoms with van der Waals surface area (Å²) in [5.41, 5.74) is 1.71. The van der Waals surface area contributed by atoms with Crippen LogP contribution in [0.4, 0.5) is 14.9 Å². The highest BCUT2D eigenvalue weighted by atomic mass is 32.1. The number of amides is 3. The number of halogens is 1. The van der Waals surface area contributed by atoms with Crippen LogP contribution >= 0.6 is 11.3 Å². The molecule has 1 saturated heterocycles. The highest BCUT2D eigenvalue weighted by Gasteiger charge is 2.47. The molecular weight excluding hydrogens is 473 g/mol. The van der Waals surface area contributed by atoms with Crippen molar-refractivity contribution in [2.24, 2.45) is 0 Å². The Morgan fingerprint density at radius 1 is 1.14 bits per heavy atom. The third kappa shape index (κ3) is 5.84. The Hall–Kier alpha value is -3.76. The van der Waals surface area contributed by atoms with Gasteiger partial charge in [-0.1, -0.05) is 30.3 Å². The van der Waals surface area contributed by atoms with Crippen LogP contribution in [0.1, 0.15) is 26.9 Å². The zero-order chi connectivity index (χ0) is 24.8. The lowest BCUT2D eigenvalue weighted by Gasteiger charge is -2.24. The van der Waals surface area contributed by atoms with Crippen LogP contribution in [0.25, 0.3) is 0 Å². The zero-order valence-electron chi connectivity index (χ0n) is 18.9. The van der Waals surface area contributed by atoms with Crippen LogP contribution in [0.3, 0.4) is 0 Å². The monoisotopic (exact) mass is 497 g/mol. The summed E-state index contributed by atoms with van der Waals surface area (Å²) in [7, 11) is 1.52. The molecule has 0 saturated carbocycles. The third-order valence-electron chi connectivity index (χ3n) is 5.44. The van der Waals surface area contributed by atoms with Gasteiger partial charge in [0.25, 0.3) is 5.91 Å². The van der Waals surface area contributed by atoms with Crippen molar-refractivity contribution in [3.05, 3.63) is 87.9 Å². The summed E-state index contributed by atoms with van der Waals surface area (Å²) in [6, 6.07) is 15.1. The number of ether oxygens (including phenoxy) is 2. The average Bonchev–Trinajstić information content (AvgIpc) is 3.50. The van der Waals surface area contributed by atoms with Crippen molar-refractivity contribution in [1.29, 1.82) is 0 Å². The molecule has 2 unspecified atom stereocenters. The molecule has 2 aromatic carbocycles.